The molecule has 1 heterocycles. The number of anilines is 1. The smallest absolute Gasteiger partial charge is 0.166 e. The van der Waals surface area contributed by atoms with Gasteiger partial charge in [-0.15, -0.1) is 5.10 Å². The average molecular weight is 204 g/mol. The van der Waals surface area contributed by atoms with Crippen LogP contribution in [0.2, 0.25) is 0 Å². The van der Waals surface area contributed by atoms with Crippen LogP contribution in [0.15, 0.2) is 24.4 Å². The number of nitrogens with zero attached hydrogens (tertiary/aromatic N) is 3. The fourth-order valence-electron chi connectivity index (χ4n) is 1.41. The Balaban J connectivity index is 2.42. The SMILES string of the molecule is COc1ccc(-n2cc(N)nn2)cc1C. The van der Waals surface area contributed by atoms with E-state index >= 15 is 0 Å². The second kappa shape index (κ2) is 3.61. The molecular formula is C10H12N4O. The Bertz CT molecular complexity index is 478. The number of aryl methyl sites for hydroxylation is 1. The highest BCUT2D eigenvalue weighted by molar-refractivity contribution is 5.43. The summed E-state index contributed by atoms with van der Waals surface area (Å²) in [5, 5.41) is 7.61. The zero-order valence-corrected chi connectivity index (χ0v) is 8.64. The number of nitrogens with two attached hydrogens (primary N) is 1. The van der Waals surface area contributed by atoms with Crippen molar-refractivity contribution in [3.8, 4) is 11.4 Å². The van der Waals surface area contributed by atoms with Gasteiger partial charge in [0, 0.05) is 0 Å². The number of aromatic nitrogens is 3. The number of ether oxygens (including phenoxy) is 1. The molecule has 1 aromatic carbocycles. The average Bonchev–Trinajstić information content (AvgIpc) is 2.65. The summed E-state index contributed by atoms with van der Waals surface area (Å²) >= 11 is 0. The molecule has 0 atom stereocenters. The largest absolute Gasteiger partial charge is 0.496 e. The first-order chi connectivity index (χ1) is 7.20. The van der Waals surface area contributed by atoms with E-state index < -0.39 is 0 Å². The number of hydrogen-bond donors (Lipinski definition) is 1. The van der Waals surface area contributed by atoms with Crippen LogP contribution in [0.4, 0.5) is 5.82 Å². The number of methoxy groups -OCH3 is 1. The summed E-state index contributed by atoms with van der Waals surface area (Å²) in [6.07, 6.45) is 1.67. The molecule has 0 aliphatic rings. The van der Waals surface area contributed by atoms with Gasteiger partial charge < -0.3 is 10.5 Å². The van der Waals surface area contributed by atoms with Crippen molar-refractivity contribution < 1.29 is 4.74 Å². The van der Waals surface area contributed by atoms with Gasteiger partial charge in [-0.3, -0.25) is 0 Å². The molecule has 0 saturated heterocycles. The van der Waals surface area contributed by atoms with E-state index in [0.29, 0.717) is 5.82 Å². The first-order valence-electron chi connectivity index (χ1n) is 4.53. The van der Waals surface area contributed by atoms with E-state index in [1.807, 2.05) is 25.1 Å². The normalized spacial score (nSPS) is 10.3. The third kappa shape index (κ3) is 1.76. The van der Waals surface area contributed by atoms with Crippen molar-refractivity contribution in [1.82, 2.24) is 15.0 Å². The third-order valence-corrected chi connectivity index (χ3v) is 2.15. The Morgan fingerprint density at radius 1 is 1.40 bits per heavy atom. The van der Waals surface area contributed by atoms with Crippen molar-refractivity contribution >= 4 is 5.82 Å². The maximum absolute atomic E-state index is 5.49. The van der Waals surface area contributed by atoms with Gasteiger partial charge in [0.05, 0.1) is 19.0 Å². The van der Waals surface area contributed by atoms with Crippen LogP contribution in [0.25, 0.3) is 5.69 Å². The molecule has 15 heavy (non-hydrogen) atoms. The summed E-state index contributed by atoms with van der Waals surface area (Å²) in [5.41, 5.74) is 7.45. The van der Waals surface area contributed by atoms with E-state index in [1.54, 1.807) is 18.0 Å². The summed E-state index contributed by atoms with van der Waals surface area (Å²) in [7, 11) is 1.65. The lowest BCUT2D eigenvalue weighted by atomic mass is 10.2. The molecular weight excluding hydrogens is 192 g/mol. The molecule has 0 bridgehead atoms. The van der Waals surface area contributed by atoms with E-state index in [0.717, 1.165) is 17.0 Å². The van der Waals surface area contributed by atoms with Gasteiger partial charge in [-0.05, 0) is 30.7 Å². The zero-order chi connectivity index (χ0) is 10.8. The van der Waals surface area contributed by atoms with Crippen molar-refractivity contribution in [3.63, 3.8) is 0 Å². The highest BCUT2D eigenvalue weighted by atomic mass is 16.5. The number of hydrogen-bond acceptors (Lipinski definition) is 4. The molecule has 2 N–H and O–H groups in total. The van der Waals surface area contributed by atoms with Crippen molar-refractivity contribution in [2.24, 2.45) is 0 Å². The van der Waals surface area contributed by atoms with Gasteiger partial charge in [0.25, 0.3) is 0 Å². The zero-order valence-electron chi connectivity index (χ0n) is 8.64. The van der Waals surface area contributed by atoms with Crippen LogP contribution in [0.5, 0.6) is 5.75 Å². The number of benzene rings is 1. The summed E-state index contributed by atoms with van der Waals surface area (Å²) in [6, 6.07) is 5.76. The predicted octanol–water partition coefficient (Wildman–Crippen LogP) is 1.17. The molecule has 0 unspecified atom stereocenters. The Morgan fingerprint density at radius 2 is 2.20 bits per heavy atom. The third-order valence-electron chi connectivity index (χ3n) is 2.15. The van der Waals surface area contributed by atoms with Gasteiger partial charge in [-0.1, -0.05) is 5.21 Å². The minimum atomic E-state index is 0.406. The van der Waals surface area contributed by atoms with Crippen molar-refractivity contribution in [2.75, 3.05) is 12.8 Å². The van der Waals surface area contributed by atoms with Gasteiger partial charge in [0.2, 0.25) is 0 Å². The fourth-order valence-corrected chi connectivity index (χ4v) is 1.41. The van der Waals surface area contributed by atoms with Crippen LogP contribution in [0, 0.1) is 6.92 Å². The van der Waals surface area contributed by atoms with E-state index in [1.165, 1.54) is 0 Å². The Kier molecular flexibility index (Phi) is 2.29. The molecule has 0 radical (unpaired) electrons. The maximum atomic E-state index is 5.49. The maximum Gasteiger partial charge on any atom is 0.166 e. The molecule has 5 heteroatoms. The first-order valence-corrected chi connectivity index (χ1v) is 4.53. The van der Waals surface area contributed by atoms with Gasteiger partial charge in [0.1, 0.15) is 5.75 Å². The topological polar surface area (TPSA) is 66.0 Å². The second-order valence-corrected chi connectivity index (χ2v) is 3.24. The van der Waals surface area contributed by atoms with Crippen molar-refractivity contribution in [3.05, 3.63) is 30.0 Å². The second-order valence-electron chi connectivity index (χ2n) is 3.24. The summed E-state index contributed by atoms with van der Waals surface area (Å²) in [6.45, 7) is 1.97. The number of rotatable bonds is 2. The molecule has 0 aliphatic carbocycles. The first kappa shape index (κ1) is 9.51. The quantitative estimate of drug-likeness (QED) is 0.797. The molecule has 0 amide bonds. The lowest BCUT2D eigenvalue weighted by Crippen LogP contribution is -1.96. The molecule has 0 saturated carbocycles. The minimum absolute atomic E-state index is 0.406. The molecule has 5 nitrogen and oxygen atoms in total. The summed E-state index contributed by atoms with van der Waals surface area (Å²) in [4.78, 5) is 0. The number of nitrogen functional groups attached to an aromatic ring is 1. The minimum Gasteiger partial charge on any atom is -0.496 e. The monoisotopic (exact) mass is 204 g/mol. The highest BCUT2D eigenvalue weighted by Crippen LogP contribution is 2.20. The fraction of sp³-hybridized carbons (Fsp3) is 0.200. The van der Waals surface area contributed by atoms with Crippen LogP contribution < -0.4 is 10.5 Å². The molecule has 0 fully saturated rings. The lowest BCUT2D eigenvalue weighted by molar-refractivity contribution is 0.411. The van der Waals surface area contributed by atoms with Crippen molar-refractivity contribution in [2.45, 2.75) is 6.92 Å². The Hall–Kier alpha value is -2.04. The van der Waals surface area contributed by atoms with Crippen LogP contribution in [0.1, 0.15) is 5.56 Å². The van der Waals surface area contributed by atoms with Crippen molar-refractivity contribution in [1.29, 1.82) is 0 Å². The molecule has 0 aliphatic heterocycles. The van der Waals surface area contributed by atoms with E-state index in [2.05, 4.69) is 10.3 Å². The van der Waals surface area contributed by atoms with Gasteiger partial charge >= 0.3 is 0 Å². The van der Waals surface area contributed by atoms with Gasteiger partial charge in [-0.25, -0.2) is 4.68 Å². The summed E-state index contributed by atoms with van der Waals surface area (Å²) in [5.74, 6) is 1.26. The van der Waals surface area contributed by atoms with Crippen LogP contribution in [0.3, 0.4) is 0 Å². The molecule has 78 valence electrons. The molecule has 1 aromatic heterocycles. The van der Waals surface area contributed by atoms with Gasteiger partial charge in [0.15, 0.2) is 5.82 Å². The van der Waals surface area contributed by atoms with Gasteiger partial charge in [-0.2, -0.15) is 0 Å². The molecule has 0 spiro atoms. The standard InChI is InChI=1S/C10H12N4O/c1-7-5-8(3-4-9(7)15-2)14-6-10(11)12-13-14/h3-6H,11H2,1-2H3. The molecule has 2 aromatic rings. The van der Waals surface area contributed by atoms with E-state index in [4.69, 9.17) is 10.5 Å². The Morgan fingerprint density at radius 3 is 2.73 bits per heavy atom. The summed E-state index contributed by atoms with van der Waals surface area (Å²) < 4.78 is 6.80. The van der Waals surface area contributed by atoms with E-state index in [9.17, 15) is 0 Å². The Labute approximate surface area is 87.5 Å². The predicted molar refractivity (Wildman–Crippen MR) is 57.1 cm³/mol. The van der Waals surface area contributed by atoms with E-state index in [-0.39, 0.29) is 0 Å². The van der Waals surface area contributed by atoms with Crippen LogP contribution in [-0.2, 0) is 0 Å². The van der Waals surface area contributed by atoms with Crippen LogP contribution >= 0.6 is 0 Å². The molecule has 2 rings (SSSR count). The lowest BCUT2D eigenvalue weighted by Gasteiger charge is -2.06. The van der Waals surface area contributed by atoms with Crippen LogP contribution in [-0.4, -0.2) is 22.1 Å². The highest BCUT2D eigenvalue weighted by Gasteiger charge is 2.03.